The lowest BCUT2D eigenvalue weighted by Crippen LogP contribution is -2.36. The number of nitrogens with zero attached hydrogens (tertiary/aromatic N) is 4. The minimum atomic E-state index is -0.373. The second kappa shape index (κ2) is 8.96. The molecule has 9 heteroatoms. The molecule has 8 nitrogen and oxygen atoms in total. The summed E-state index contributed by atoms with van der Waals surface area (Å²) < 4.78 is 5.34. The van der Waals surface area contributed by atoms with E-state index in [0.717, 1.165) is 0 Å². The van der Waals surface area contributed by atoms with Crippen molar-refractivity contribution in [1.82, 2.24) is 4.90 Å². The van der Waals surface area contributed by atoms with Crippen LogP contribution in [0.1, 0.15) is 33.3 Å². The lowest BCUT2D eigenvalue weighted by atomic mass is 10.1. The van der Waals surface area contributed by atoms with E-state index in [1.807, 2.05) is 38.7 Å². The molecule has 156 valence electrons. The Bertz CT molecular complexity index is 860. The van der Waals surface area contributed by atoms with Crippen LogP contribution in [0.2, 0.25) is 0 Å². The van der Waals surface area contributed by atoms with Gasteiger partial charge >= 0.3 is 0 Å². The summed E-state index contributed by atoms with van der Waals surface area (Å²) in [5.74, 6) is -0.121. The Morgan fingerprint density at radius 1 is 1.24 bits per heavy atom. The lowest BCUT2D eigenvalue weighted by Gasteiger charge is -2.28. The van der Waals surface area contributed by atoms with Crippen molar-refractivity contribution in [2.24, 2.45) is 4.99 Å². The zero-order valence-corrected chi connectivity index (χ0v) is 17.9. The quantitative estimate of drug-likeness (QED) is 0.413. The number of rotatable bonds is 5. The first-order chi connectivity index (χ1) is 13.8. The predicted molar refractivity (Wildman–Crippen MR) is 116 cm³/mol. The third-order valence-electron chi connectivity index (χ3n) is 4.57. The van der Waals surface area contributed by atoms with Gasteiger partial charge in [0.15, 0.2) is 5.17 Å². The average molecular weight is 419 g/mol. The average Bonchev–Trinajstić information content (AvgIpc) is 2.96. The number of hydrogen-bond donors (Lipinski definition) is 0. The van der Waals surface area contributed by atoms with Crippen LogP contribution < -0.4 is 4.90 Å². The van der Waals surface area contributed by atoms with Gasteiger partial charge in [0, 0.05) is 31.2 Å². The van der Waals surface area contributed by atoms with Gasteiger partial charge in [0.1, 0.15) is 5.69 Å². The summed E-state index contributed by atoms with van der Waals surface area (Å²) >= 11 is 1.32. The van der Waals surface area contributed by atoms with E-state index in [9.17, 15) is 14.9 Å². The van der Waals surface area contributed by atoms with Crippen LogP contribution in [0.25, 0.3) is 6.08 Å². The molecule has 1 amide bonds. The number of ether oxygens (including phenoxy) is 1. The molecule has 0 spiro atoms. The number of hydrogen-bond acceptors (Lipinski definition) is 7. The SMILES string of the molecule is CC(C)N=C1S/C(=C/c2ccc(N3CCOCC3)c([N+](=O)[O-])c2)C(=O)N1C(C)C. The highest BCUT2D eigenvalue weighted by atomic mass is 32.2. The van der Waals surface area contributed by atoms with Gasteiger partial charge in [-0.1, -0.05) is 6.07 Å². The maximum absolute atomic E-state index is 12.9. The van der Waals surface area contributed by atoms with Crippen molar-refractivity contribution in [3.05, 3.63) is 38.8 Å². The molecule has 0 unspecified atom stereocenters. The normalized spacial score (nSPS) is 20.6. The smallest absolute Gasteiger partial charge is 0.293 e. The van der Waals surface area contributed by atoms with Crippen LogP contribution >= 0.6 is 11.8 Å². The largest absolute Gasteiger partial charge is 0.378 e. The van der Waals surface area contributed by atoms with Crippen LogP contribution in [-0.2, 0) is 9.53 Å². The summed E-state index contributed by atoms with van der Waals surface area (Å²) in [4.78, 5) is 32.9. The fourth-order valence-electron chi connectivity index (χ4n) is 3.25. The van der Waals surface area contributed by atoms with Crippen molar-refractivity contribution in [1.29, 1.82) is 0 Å². The maximum Gasteiger partial charge on any atom is 0.293 e. The van der Waals surface area contributed by atoms with Crippen molar-refractivity contribution in [2.75, 3.05) is 31.2 Å². The zero-order valence-electron chi connectivity index (χ0n) is 17.1. The summed E-state index contributed by atoms with van der Waals surface area (Å²) in [5, 5.41) is 12.3. The van der Waals surface area contributed by atoms with Crippen molar-refractivity contribution in [3.63, 3.8) is 0 Å². The molecule has 1 aromatic rings. The number of anilines is 1. The van der Waals surface area contributed by atoms with Gasteiger partial charge in [-0.05, 0) is 57.2 Å². The molecule has 29 heavy (non-hydrogen) atoms. The molecule has 2 heterocycles. The Morgan fingerprint density at radius 2 is 1.93 bits per heavy atom. The second-order valence-electron chi connectivity index (χ2n) is 7.49. The molecule has 0 bridgehead atoms. The molecule has 0 N–H and O–H groups in total. The number of benzene rings is 1. The molecule has 0 aromatic heterocycles. The van der Waals surface area contributed by atoms with Crippen LogP contribution in [0, 0.1) is 10.1 Å². The Kier molecular flexibility index (Phi) is 6.59. The zero-order chi connectivity index (χ0) is 21.1. The van der Waals surface area contributed by atoms with E-state index >= 15 is 0 Å². The van der Waals surface area contributed by atoms with Gasteiger partial charge in [0.25, 0.3) is 11.6 Å². The van der Waals surface area contributed by atoms with Crippen LogP contribution in [0.15, 0.2) is 28.1 Å². The number of aliphatic imine (C=N–C) groups is 1. The first-order valence-electron chi connectivity index (χ1n) is 9.70. The van der Waals surface area contributed by atoms with Crippen molar-refractivity contribution in [3.8, 4) is 0 Å². The minimum Gasteiger partial charge on any atom is -0.378 e. The highest BCUT2D eigenvalue weighted by Crippen LogP contribution is 2.36. The Labute approximate surface area is 174 Å². The van der Waals surface area contributed by atoms with E-state index in [2.05, 4.69) is 4.99 Å². The molecular weight excluding hydrogens is 392 g/mol. The second-order valence-corrected chi connectivity index (χ2v) is 8.50. The minimum absolute atomic E-state index is 0.0172. The number of carbonyl (C=O) groups excluding carboxylic acids is 1. The summed E-state index contributed by atoms with van der Waals surface area (Å²) in [7, 11) is 0. The van der Waals surface area contributed by atoms with Crippen LogP contribution in [-0.4, -0.2) is 59.3 Å². The van der Waals surface area contributed by atoms with Gasteiger partial charge in [0.2, 0.25) is 0 Å². The fraction of sp³-hybridized carbons (Fsp3) is 0.500. The van der Waals surface area contributed by atoms with Gasteiger partial charge < -0.3 is 9.64 Å². The van der Waals surface area contributed by atoms with Gasteiger partial charge in [-0.25, -0.2) is 0 Å². The van der Waals surface area contributed by atoms with E-state index in [0.29, 0.717) is 47.6 Å². The number of amides is 1. The number of carbonyl (C=O) groups is 1. The molecule has 0 saturated carbocycles. The molecule has 2 saturated heterocycles. The predicted octanol–water partition coefficient (Wildman–Crippen LogP) is 3.52. The summed E-state index contributed by atoms with van der Waals surface area (Å²) in [6.45, 7) is 10.2. The molecule has 2 aliphatic heterocycles. The number of amidine groups is 1. The molecular formula is C20H26N4O4S. The molecule has 1 aromatic carbocycles. The maximum atomic E-state index is 12.9. The van der Waals surface area contributed by atoms with E-state index in [4.69, 9.17) is 4.74 Å². The first kappa shape index (κ1) is 21.3. The van der Waals surface area contributed by atoms with Crippen molar-refractivity contribution >= 4 is 40.3 Å². The van der Waals surface area contributed by atoms with E-state index in [-0.39, 0.29) is 28.6 Å². The molecule has 2 fully saturated rings. The topological polar surface area (TPSA) is 88.3 Å². The molecule has 3 rings (SSSR count). The van der Waals surface area contributed by atoms with E-state index in [1.165, 1.54) is 17.8 Å². The summed E-state index contributed by atoms with van der Waals surface area (Å²) in [6, 6.07) is 5.15. The third-order valence-corrected chi connectivity index (χ3v) is 5.56. The van der Waals surface area contributed by atoms with Gasteiger partial charge in [0.05, 0.1) is 23.0 Å². The highest BCUT2D eigenvalue weighted by Gasteiger charge is 2.35. The highest BCUT2D eigenvalue weighted by molar-refractivity contribution is 8.18. The number of thioether (sulfide) groups is 1. The Balaban J connectivity index is 1.94. The number of morpholine rings is 1. The van der Waals surface area contributed by atoms with E-state index in [1.54, 1.807) is 17.0 Å². The lowest BCUT2D eigenvalue weighted by molar-refractivity contribution is -0.384. The van der Waals surface area contributed by atoms with E-state index < -0.39 is 0 Å². The first-order valence-corrected chi connectivity index (χ1v) is 10.5. The monoisotopic (exact) mass is 418 g/mol. The number of nitro benzene ring substituents is 1. The Hall–Kier alpha value is -2.39. The van der Waals surface area contributed by atoms with Gasteiger partial charge in [-0.2, -0.15) is 0 Å². The Morgan fingerprint density at radius 3 is 2.52 bits per heavy atom. The molecule has 0 atom stereocenters. The van der Waals surface area contributed by atoms with Crippen molar-refractivity contribution < 1.29 is 14.5 Å². The van der Waals surface area contributed by atoms with Crippen LogP contribution in [0.4, 0.5) is 11.4 Å². The van der Waals surface area contributed by atoms with Gasteiger partial charge in [-0.15, -0.1) is 0 Å². The van der Waals surface area contributed by atoms with Crippen LogP contribution in [0.5, 0.6) is 0 Å². The summed E-state index contributed by atoms with van der Waals surface area (Å²) in [6.07, 6.45) is 1.71. The molecule has 0 aliphatic carbocycles. The third kappa shape index (κ3) is 4.79. The van der Waals surface area contributed by atoms with Crippen LogP contribution in [0.3, 0.4) is 0 Å². The number of nitro groups is 1. The van der Waals surface area contributed by atoms with Crippen molar-refractivity contribution in [2.45, 2.75) is 39.8 Å². The fourth-order valence-corrected chi connectivity index (χ4v) is 4.49. The standard InChI is InChI=1S/C20H26N4O4S/c1-13(2)21-20-23(14(3)4)19(25)18(29-20)12-15-5-6-16(17(11-15)24(26)27)22-7-9-28-10-8-22/h5-6,11-14H,7-10H2,1-4H3/b18-12+,21-20?. The van der Waals surface area contributed by atoms with Gasteiger partial charge in [-0.3, -0.25) is 24.8 Å². The molecule has 0 radical (unpaired) electrons. The summed E-state index contributed by atoms with van der Waals surface area (Å²) in [5.41, 5.74) is 1.24. The molecule has 2 aliphatic rings.